The molecule has 0 saturated heterocycles. The molecule has 4 rings (SSSR count). The molecule has 25 heavy (non-hydrogen) atoms. The van der Waals surface area contributed by atoms with Gasteiger partial charge in [-0.15, -0.1) is 11.3 Å². The van der Waals surface area contributed by atoms with E-state index in [0.29, 0.717) is 10.8 Å². The summed E-state index contributed by atoms with van der Waals surface area (Å²) >= 11 is 1.40. The highest BCUT2D eigenvalue weighted by atomic mass is 32.1. The summed E-state index contributed by atoms with van der Waals surface area (Å²) in [5, 5.41) is 2.45. The first-order chi connectivity index (χ1) is 12.0. The number of nitrogens with two attached hydrogens (primary N) is 2. The standard InChI is InChI=1S/C19H18N4OS/c1-23-17(9-11-4-2-3-5-13(11)18(23)24)14-7-6-12(8-15(14)20)16-10-25-19(21)22-16/h2-8,10,17H,9,20H2,1H3,(H2,21,22). The lowest BCUT2D eigenvalue weighted by Gasteiger charge is -2.34. The van der Waals surface area contributed by atoms with Gasteiger partial charge in [0.2, 0.25) is 0 Å². The van der Waals surface area contributed by atoms with Crippen LogP contribution in [0.3, 0.4) is 0 Å². The van der Waals surface area contributed by atoms with E-state index in [0.717, 1.165) is 34.4 Å². The maximum absolute atomic E-state index is 12.7. The van der Waals surface area contributed by atoms with Crippen molar-refractivity contribution in [1.82, 2.24) is 9.88 Å². The Morgan fingerprint density at radius 2 is 2.00 bits per heavy atom. The van der Waals surface area contributed by atoms with Crippen molar-refractivity contribution in [1.29, 1.82) is 0 Å². The number of likely N-dealkylation sites (N-methyl/N-ethyl adjacent to an activating group) is 1. The molecule has 0 saturated carbocycles. The molecule has 1 amide bonds. The van der Waals surface area contributed by atoms with Crippen molar-refractivity contribution in [2.24, 2.45) is 0 Å². The van der Waals surface area contributed by atoms with Gasteiger partial charge in [-0.25, -0.2) is 4.98 Å². The van der Waals surface area contributed by atoms with Crippen molar-refractivity contribution < 1.29 is 4.79 Å². The maximum atomic E-state index is 12.7. The maximum Gasteiger partial charge on any atom is 0.254 e. The Bertz CT molecular complexity index is 966. The van der Waals surface area contributed by atoms with Crippen LogP contribution in [0.25, 0.3) is 11.3 Å². The predicted octanol–water partition coefficient (Wildman–Crippen LogP) is 3.34. The van der Waals surface area contributed by atoms with Gasteiger partial charge < -0.3 is 16.4 Å². The zero-order valence-electron chi connectivity index (χ0n) is 13.8. The van der Waals surface area contributed by atoms with Crippen molar-refractivity contribution in [2.45, 2.75) is 12.5 Å². The molecule has 0 bridgehead atoms. The Hall–Kier alpha value is -2.86. The third-order valence-electron chi connectivity index (χ3n) is 4.71. The number of amides is 1. The number of anilines is 2. The van der Waals surface area contributed by atoms with Crippen LogP contribution in [0.5, 0.6) is 0 Å². The van der Waals surface area contributed by atoms with E-state index in [1.807, 2.05) is 54.9 Å². The van der Waals surface area contributed by atoms with Gasteiger partial charge in [-0.3, -0.25) is 4.79 Å². The van der Waals surface area contributed by atoms with E-state index in [4.69, 9.17) is 11.5 Å². The average Bonchev–Trinajstić information content (AvgIpc) is 3.05. The summed E-state index contributed by atoms with van der Waals surface area (Å²) in [6.45, 7) is 0. The fourth-order valence-electron chi connectivity index (χ4n) is 3.36. The number of carbonyl (C=O) groups excluding carboxylic acids is 1. The predicted molar refractivity (Wildman–Crippen MR) is 101 cm³/mol. The second-order valence-electron chi connectivity index (χ2n) is 6.21. The lowest BCUT2D eigenvalue weighted by molar-refractivity contribution is 0.0706. The number of aromatic nitrogens is 1. The molecule has 5 nitrogen and oxygen atoms in total. The van der Waals surface area contributed by atoms with Gasteiger partial charge in [0.05, 0.1) is 11.7 Å². The van der Waals surface area contributed by atoms with E-state index < -0.39 is 0 Å². The van der Waals surface area contributed by atoms with Crippen molar-refractivity contribution in [3.63, 3.8) is 0 Å². The van der Waals surface area contributed by atoms with Gasteiger partial charge in [0, 0.05) is 29.2 Å². The molecule has 1 aromatic heterocycles. The number of carbonyl (C=O) groups is 1. The van der Waals surface area contributed by atoms with Gasteiger partial charge in [-0.2, -0.15) is 0 Å². The van der Waals surface area contributed by atoms with Gasteiger partial charge in [0.25, 0.3) is 5.91 Å². The second-order valence-corrected chi connectivity index (χ2v) is 7.10. The molecule has 0 aliphatic carbocycles. The van der Waals surface area contributed by atoms with Crippen LogP contribution < -0.4 is 11.5 Å². The molecule has 1 aliphatic heterocycles. The Morgan fingerprint density at radius 3 is 2.72 bits per heavy atom. The van der Waals surface area contributed by atoms with Crippen molar-refractivity contribution in [3.8, 4) is 11.3 Å². The molecule has 0 spiro atoms. The van der Waals surface area contributed by atoms with Gasteiger partial charge in [-0.1, -0.05) is 30.3 Å². The highest BCUT2D eigenvalue weighted by Gasteiger charge is 2.31. The monoisotopic (exact) mass is 350 g/mol. The first-order valence-electron chi connectivity index (χ1n) is 8.00. The van der Waals surface area contributed by atoms with Crippen LogP contribution in [-0.4, -0.2) is 22.8 Å². The van der Waals surface area contributed by atoms with Crippen molar-refractivity contribution in [3.05, 3.63) is 64.5 Å². The molecule has 2 aromatic carbocycles. The highest BCUT2D eigenvalue weighted by molar-refractivity contribution is 7.13. The fourth-order valence-corrected chi connectivity index (χ4v) is 3.93. The van der Waals surface area contributed by atoms with Crippen LogP contribution in [-0.2, 0) is 6.42 Å². The largest absolute Gasteiger partial charge is 0.398 e. The van der Waals surface area contributed by atoms with Gasteiger partial charge in [0.1, 0.15) is 0 Å². The third-order valence-corrected chi connectivity index (χ3v) is 5.39. The van der Waals surface area contributed by atoms with Gasteiger partial charge in [0.15, 0.2) is 5.13 Å². The minimum Gasteiger partial charge on any atom is -0.398 e. The van der Waals surface area contributed by atoms with Gasteiger partial charge in [-0.05, 0) is 29.7 Å². The number of hydrogen-bond acceptors (Lipinski definition) is 5. The van der Waals surface area contributed by atoms with Crippen LogP contribution in [0.2, 0.25) is 0 Å². The van der Waals surface area contributed by atoms with E-state index in [1.165, 1.54) is 11.3 Å². The minimum atomic E-state index is -0.0723. The summed E-state index contributed by atoms with van der Waals surface area (Å²) in [7, 11) is 1.83. The molecule has 0 radical (unpaired) electrons. The first kappa shape index (κ1) is 15.7. The summed E-state index contributed by atoms with van der Waals surface area (Å²) in [5.41, 5.74) is 17.2. The van der Waals surface area contributed by atoms with Crippen molar-refractivity contribution >= 4 is 28.1 Å². The zero-order chi connectivity index (χ0) is 17.6. The molecular weight excluding hydrogens is 332 g/mol. The van der Waals surface area contributed by atoms with Crippen LogP contribution in [0.1, 0.15) is 27.5 Å². The van der Waals surface area contributed by atoms with Crippen LogP contribution >= 0.6 is 11.3 Å². The zero-order valence-corrected chi connectivity index (χ0v) is 14.6. The molecule has 2 heterocycles. The molecule has 1 atom stereocenters. The van der Waals surface area contributed by atoms with E-state index in [9.17, 15) is 4.79 Å². The topological polar surface area (TPSA) is 85.2 Å². The summed E-state index contributed by atoms with van der Waals surface area (Å²) in [6.07, 6.45) is 0.756. The number of nitrogen functional groups attached to an aromatic ring is 2. The lowest BCUT2D eigenvalue weighted by atomic mass is 9.88. The van der Waals surface area contributed by atoms with Crippen molar-refractivity contribution in [2.75, 3.05) is 18.5 Å². The van der Waals surface area contributed by atoms with E-state index >= 15 is 0 Å². The Kier molecular flexibility index (Phi) is 3.69. The number of benzene rings is 2. The van der Waals surface area contributed by atoms with E-state index in [-0.39, 0.29) is 11.9 Å². The second kappa shape index (κ2) is 5.89. The number of fused-ring (bicyclic) bond motifs is 1. The number of thiazole rings is 1. The molecule has 3 aromatic rings. The van der Waals surface area contributed by atoms with Gasteiger partial charge >= 0.3 is 0 Å². The summed E-state index contributed by atoms with van der Waals surface area (Å²) in [4.78, 5) is 18.7. The van der Waals surface area contributed by atoms with Crippen LogP contribution in [0, 0.1) is 0 Å². The highest BCUT2D eigenvalue weighted by Crippen LogP contribution is 2.36. The molecule has 126 valence electrons. The molecule has 0 fully saturated rings. The molecular formula is C19H18N4OS. The summed E-state index contributed by atoms with van der Waals surface area (Å²) < 4.78 is 0. The normalized spacial score (nSPS) is 16.8. The Balaban J connectivity index is 1.71. The summed E-state index contributed by atoms with van der Waals surface area (Å²) in [6, 6.07) is 13.6. The van der Waals surface area contributed by atoms with E-state index in [2.05, 4.69) is 4.98 Å². The number of hydrogen-bond donors (Lipinski definition) is 2. The quantitative estimate of drug-likeness (QED) is 0.694. The molecule has 1 unspecified atom stereocenters. The summed E-state index contributed by atoms with van der Waals surface area (Å²) in [5.74, 6) is 0.0302. The lowest BCUT2D eigenvalue weighted by Crippen LogP contribution is -2.37. The first-order valence-corrected chi connectivity index (χ1v) is 8.88. The molecule has 6 heteroatoms. The number of rotatable bonds is 2. The molecule has 1 aliphatic rings. The number of nitrogens with zero attached hydrogens (tertiary/aromatic N) is 2. The Morgan fingerprint density at radius 1 is 1.20 bits per heavy atom. The smallest absolute Gasteiger partial charge is 0.254 e. The minimum absolute atomic E-state index is 0.0302. The average molecular weight is 350 g/mol. The van der Waals surface area contributed by atoms with E-state index in [1.54, 1.807) is 4.90 Å². The SMILES string of the molecule is CN1C(=O)c2ccccc2CC1c1ccc(-c2csc(N)n2)cc1N. The van der Waals surface area contributed by atoms with Crippen LogP contribution in [0.4, 0.5) is 10.8 Å². The fraction of sp³-hybridized carbons (Fsp3) is 0.158. The molecule has 4 N–H and O–H groups in total. The van der Waals surface area contributed by atoms with Crippen LogP contribution in [0.15, 0.2) is 47.8 Å². The third kappa shape index (κ3) is 2.64. The Labute approximate surface area is 149 Å².